The third-order valence-corrected chi connectivity index (χ3v) is 5.16. The van der Waals surface area contributed by atoms with Crippen LogP contribution in [0.3, 0.4) is 0 Å². The first kappa shape index (κ1) is 14.0. The van der Waals surface area contributed by atoms with Crippen LogP contribution in [0.15, 0.2) is 30.3 Å². The number of aryl methyl sites for hydroxylation is 2. The van der Waals surface area contributed by atoms with Crippen molar-refractivity contribution < 1.29 is 0 Å². The molecule has 0 amide bonds. The Morgan fingerprint density at radius 3 is 2.91 bits per heavy atom. The average Bonchev–Trinajstić information content (AvgIpc) is 3.18. The predicted molar refractivity (Wildman–Crippen MR) is 88.2 cm³/mol. The summed E-state index contributed by atoms with van der Waals surface area (Å²) < 4.78 is 2.09. The molecule has 0 radical (unpaired) electrons. The summed E-state index contributed by atoms with van der Waals surface area (Å²) in [6.07, 6.45) is 1.33. The van der Waals surface area contributed by atoms with Crippen LogP contribution in [-0.2, 0) is 6.54 Å². The number of rotatable bonds is 3. The Hall–Kier alpha value is -1.65. The minimum absolute atomic E-state index is 0.716. The number of hydrogen-bond acceptors (Lipinski definition) is 3. The summed E-state index contributed by atoms with van der Waals surface area (Å²) in [5.41, 5.74) is 4.88. The quantitative estimate of drug-likeness (QED) is 0.943. The van der Waals surface area contributed by atoms with Crippen molar-refractivity contribution in [1.29, 1.82) is 0 Å². The number of aromatic nitrogens is 2. The van der Waals surface area contributed by atoms with E-state index in [9.17, 15) is 0 Å². The van der Waals surface area contributed by atoms with Crippen molar-refractivity contribution in [2.75, 3.05) is 19.6 Å². The maximum atomic E-state index is 4.67. The van der Waals surface area contributed by atoms with Crippen LogP contribution in [0.5, 0.6) is 0 Å². The van der Waals surface area contributed by atoms with E-state index in [1.54, 1.807) is 0 Å². The second kappa shape index (κ2) is 5.52. The van der Waals surface area contributed by atoms with Gasteiger partial charge in [-0.1, -0.05) is 18.2 Å². The molecule has 116 valence electrons. The van der Waals surface area contributed by atoms with Gasteiger partial charge >= 0.3 is 0 Å². The van der Waals surface area contributed by atoms with Gasteiger partial charge in [-0.2, -0.15) is 5.10 Å². The molecule has 0 spiro atoms. The molecule has 1 N–H and O–H groups in total. The van der Waals surface area contributed by atoms with Crippen molar-refractivity contribution in [2.45, 2.75) is 32.9 Å². The van der Waals surface area contributed by atoms with Gasteiger partial charge in [-0.15, -0.1) is 0 Å². The van der Waals surface area contributed by atoms with E-state index in [-0.39, 0.29) is 0 Å². The maximum absolute atomic E-state index is 4.67. The summed E-state index contributed by atoms with van der Waals surface area (Å²) in [6, 6.07) is 11.6. The van der Waals surface area contributed by atoms with Crippen molar-refractivity contribution in [3.8, 4) is 5.69 Å². The molecule has 22 heavy (non-hydrogen) atoms. The molecule has 1 aromatic heterocycles. The molecule has 2 saturated heterocycles. The predicted octanol–water partition coefficient (Wildman–Crippen LogP) is 2.28. The molecule has 2 aliphatic rings. The minimum Gasteiger partial charge on any atom is -0.315 e. The molecule has 1 aromatic carbocycles. The summed E-state index contributed by atoms with van der Waals surface area (Å²) in [7, 11) is 0. The SMILES string of the molecule is Cc1cc(C)n(-c2ccccc2CN2CC[C@@H]3CNC[C@@H]32)n1. The van der Waals surface area contributed by atoms with Gasteiger partial charge < -0.3 is 5.32 Å². The minimum atomic E-state index is 0.716. The largest absolute Gasteiger partial charge is 0.315 e. The summed E-state index contributed by atoms with van der Waals surface area (Å²) in [5, 5.41) is 8.21. The van der Waals surface area contributed by atoms with Crippen molar-refractivity contribution in [3.63, 3.8) is 0 Å². The van der Waals surface area contributed by atoms with Gasteiger partial charge in [-0.25, -0.2) is 4.68 Å². The molecule has 2 aliphatic heterocycles. The van der Waals surface area contributed by atoms with Gasteiger partial charge in [0, 0.05) is 24.8 Å². The highest BCUT2D eigenvalue weighted by Crippen LogP contribution is 2.29. The van der Waals surface area contributed by atoms with E-state index < -0.39 is 0 Å². The number of benzene rings is 1. The highest BCUT2D eigenvalue weighted by molar-refractivity contribution is 5.42. The lowest BCUT2D eigenvalue weighted by molar-refractivity contribution is 0.244. The fraction of sp³-hybridized carbons (Fsp3) is 0.500. The zero-order chi connectivity index (χ0) is 15.1. The molecule has 0 saturated carbocycles. The van der Waals surface area contributed by atoms with Gasteiger partial charge in [0.1, 0.15) is 0 Å². The summed E-state index contributed by atoms with van der Waals surface area (Å²) in [6.45, 7) is 8.78. The van der Waals surface area contributed by atoms with E-state index in [0.29, 0.717) is 6.04 Å². The standard InChI is InChI=1S/C18H24N4/c1-13-9-14(2)22(20-13)17-6-4-3-5-16(17)12-21-8-7-15-10-19-11-18(15)21/h3-6,9,15,18-19H,7-8,10-12H2,1-2H3/t15-,18+/m1/s1. The van der Waals surface area contributed by atoms with Crippen molar-refractivity contribution in [3.05, 3.63) is 47.3 Å². The summed E-state index contributed by atoms with van der Waals surface area (Å²) in [5.74, 6) is 0.848. The number of nitrogens with zero attached hydrogens (tertiary/aromatic N) is 3. The van der Waals surface area contributed by atoms with Crippen molar-refractivity contribution >= 4 is 0 Å². The highest BCUT2D eigenvalue weighted by atomic mass is 15.3. The molecule has 4 heteroatoms. The molecule has 4 nitrogen and oxygen atoms in total. The monoisotopic (exact) mass is 296 g/mol. The van der Waals surface area contributed by atoms with Crippen LogP contribution in [0, 0.1) is 19.8 Å². The first-order valence-electron chi connectivity index (χ1n) is 8.28. The Bertz CT molecular complexity index is 675. The maximum Gasteiger partial charge on any atom is 0.0693 e. The average molecular weight is 296 g/mol. The molecule has 0 bridgehead atoms. The normalized spacial score (nSPS) is 24.8. The van der Waals surface area contributed by atoms with Gasteiger partial charge in [0.2, 0.25) is 0 Å². The van der Waals surface area contributed by atoms with Gasteiger partial charge in [0.25, 0.3) is 0 Å². The van der Waals surface area contributed by atoms with Crippen LogP contribution in [0.2, 0.25) is 0 Å². The van der Waals surface area contributed by atoms with Crippen LogP contribution in [0.25, 0.3) is 5.69 Å². The smallest absolute Gasteiger partial charge is 0.0693 e. The lowest BCUT2D eigenvalue weighted by atomic mass is 10.0. The Morgan fingerprint density at radius 1 is 1.23 bits per heavy atom. The van der Waals surface area contributed by atoms with Crippen molar-refractivity contribution in [1.82, 2.24) is 20.0 Å². The molecule has 2 fully saturated rings. The van der Waals surface area contributed by atoms with Crippen LogP contribution in [0.4, 0.5) is 0 Å². The molecule has 0 aliphatic carbocycles. The fourth-order valence-corrected chi connectivity index (χ4v) is 4.08. The van der Waals surface area contributed by atoms with Crippen LogP contribution < -0.4 is 5.32 Å². The highest BCUT2D eigenvalue weighted by Gasteiger charge is 2.37. The lowest BCUT2D eigenvalue weighted by Gasteiger charge is -2.24. The van der Waals surface area contributed by atoms with Gasteiger partial charge in [0.15, 0.2) is 0 Å². The van der Waals surface area contributed by atoms with E-state index in [1.807, 2.05) is 0 Å². The van der Waals surface area contributed by atoms with E-state index in [4.69, 9.17) is 0 Å². The van der Waals surface area contributed by atoms with Crippen molar-refractivity contribution in [2.24, 2.45) is 5.92 Å². The number of likely N-dealkylation sites (tertiary alicyclic amines) is 1. The molecular weight excluding hydrogens is 272 g/mol. The lowest BCUT2D eigenvalue weighted by Crippen LogP contribution is -2.33. The third kappa shape index (κ3) is 2.36. The molecule has 3 heterocycles. The molecule has 2 atom stereocenters. The molecule has 4 rings (SSSR count). The van der Waals surface area contributed by atoms with Gasteiger partial charge in [-0.3, -0.25) is 4.90 Å². The summed E-state index contributed by atoms with van der Waals surface area (Å²) in [4.78, 5) is 2.65. The fourth-order valence-electron chi connectivity index (χ4n) is 4.08. The zero-order valence-electron chi connectivity index (χ0n) is 13.4. The molecular formula is C18H24N4. The molecule has 2 aromatic rings. The number of hydrogen-bond donors (Lipinski definition) is 1. The first-order chi connectivity index (χ1) is 10.7. The third-order valence-electron chi connectivity index (χ3n) is 5.16. The van der Waals surface area contributed by atoms with E-state index in [0.717, 1.165) is 24.7 Å². The second-order valence-corrected chi connectivity index (χ2v) is 6.71. The topological polar surface area (TPSA) is 33.1 Å². The number of fused-ring (bicyclic) bond motifs is 1. The van der Waals surface area contributed by atoms with E-state index in [1.165, 1.54) is 36.5 Å². The Balaban J connectivity index is 1.64. The number of para-hydroxylation sites is 1. The van der Waals surface area contributed by atoms with E-state index in [2.05, 4.69) is 64.2 Å². The summed E-state index contributed by atoms with van der Waals surface area (Å²) >= 11 is 0. The van der Waals surface area contributed by atoms with Crippen LogP contribution in [0.1, 0.15) is 23.4 Å². The van der Waals surface area contributed by atoms with Crippen LogP contribution >= 0.6 is 0 Å². The van der Waals surface area contributed by atoms with Gasteiger partial charge in [0.05, 0.1) is 11.4 Å². The number of nitrogens with one attached hydrogen (secondary N) is 1. The van der Waals surface area contributed by atoms with E-state index >= 15 is 0 Å². The second-order valence-electron chi connectivity index (χ2n) is 6.71. The molecule has 0 unspecified atom stereocenters. The van der Waals surface area contributed by atoms with Gasteiger partial charge in [-0.05, 0) is 57.0 Å². The van der Waals surface area contributed by atoms with Crippen LogP contribution in [-0.4, -0.2) is 40.4 Å². The Kier molecular flexibility index (Phi) is 3.51. The zero-order valence-corrected chi connectivity index (χ0v) is 13.4. The Morgan fingerprint density at radius 2 is 2.09 bits per heavy atom. The Labute approximate surface area is 132 Å². The first-order valence-corrected chi connectivity index (χ1v) is 8.28.